The molecule has 1 aliphatic heterocycles. The second-order valence-electron chi connectivity index (χ2n) is 5.14. The summed E-state index contributed by atoms with van der Waals surface area (Å²) in [7, 11) is 1.62. The Morgan fingerprint density at radius 2 is 1.68 bits per heavy atom. The van der Waals surface area contributed by atoms with Crippen molar-refractivity contribution >= 4 is 17.8 Å². The van der Waals surface area contributed by atoms with E-state index in [1.807, 2.05) is 61.5 Å². The summed E-state index contributed by atoms with van der Waals surface area (Å²) in [6.45, 7) is 2.02. The van der Waals surface area contributed by atoms with Crippen molar-refractivity contribution in [1.82, 2.24) is 0 Å². The maximum absolute atomic E-state index is 12.0. The third kappa shape index (κ3) is 2.93. The van der Waals surface area contributed by atoms with E-state index < -0.39 is 0 Å². The third-order valence-electron chi connectivity index (χ3n) is 3.50. The van der Waals surface area contributed by atoms with E-state index in [2.05, 4.69) is 0 Å². The summed E-state index contributed by atoms with van der Waals surface area (Å²) in [6.07, 6.45) is 3.58. The van der Waals surface area contributed by atoms with Crippen LogP contribution in [-0.4, -0.2) is 13.1 Å². The first-order valence-electron chi connectivity index (χ1n) is 7.02. The zero-order chi connectivity index (χ0) is 15.5. The number of cyclic esters (lactones) is 1. The molecule has 0 aliphatic carbocycles. The van der Waals surface area contributed by atoms with E-state index in [-0.39, 0.29) is 5.97 Å². The van der Waals surface area contributed by atoms with Gasteiger partial charge in [0.25, 0.3) is 0 Å². The predicted octanol–water partition coefficient (Wildman–Crippen LogP) is 3.98. The van der Waals surface area contributed by atoms with Crippen LogP contribution >= 0.6 is 0 Å². The Bertz CT molecular complexity index is 750. The Balaban J connectivity index is 1.88. The fourth-order valence-electron chi connectivity index (χ4n) is 2.23. The van der Waals surface area contributed by atoms with Gasteiger partial charge in [0.1, 0.15) is 11.5 Å². The van der Waals surface area contributed by atoms with Gasteiger partial charge in [0.15, 0.2) is 0 Å². The van der Waals surface area contributed by atoms with Gasteiger partial charge in [-0.25, -0.2) is 4.79 Å². The average Bonchev–Trinajstić information content (AvgIpc) is 2.90. The molecule has 3 heteroatoms. The normalized spacial score (nSPS) is 15.6. The fraction of sp³-hybridized carbons (Fsp3) is 0.105. The maximum atomic E-state index is 12.0. The Kier molecular flexibility index (Phi) is 3.79. The minimum absolute atomic E-state index is 0.327. The van der Waals surface area contributed by atoms with Gasteiger partial charge in [0.05, 0.1) is 12.7 Å². The van der Waals surface area contributed by atoms with Crippen LogP contribution < -0.4 is 4.74 Å². The van der Waals surface area contributed by atoms with Crippen LogP contribution in [0.5, 0.6) is 5.75 Å². The van der Waals surface area contributed by atoms with E-state index >= 15 is 0 Å². The molecule has 110 valence electrons. The lowest BCUT2D eigenvalue weighted by Gasteiger charge is -2.01. The summed E-state index contributed by atoms with van der Waals surface area (Å²) in [4.78, 5) is 12.0. The monoisotopic (exact) mass is 292 g/mol. The van der Waals surface area contributed by atoms with Crippen molar-refractivity contribution in [3.63, 3.8) is 0 Å². The second kappa shape index (κ2) is 5.90. The summed E-state index contributed by atoms with van der Waals surface area (Å²) in [5, 5.41) is 0. The van der Waals surface area contributed by atoms with Crippen LogP contribution in [-0.2, 0) is 9.53 Å². The summed E-state index contributed by atoms with van der Waals surface area (Å²) < 4.78 is 10.5. The van der Waals surface area contributed by atoms with E-state index in [9.17, 15) is 4.79 Å². The van der Waals surface area contributed by atoms with Gasteiger partial charge in [-0.2, -0.15) is 0 Å². The largest absolute Gasteiger partial charge is 0.497 e. The first kappa shape index (κ1) is 14.1. The maximum Gasteiger partial charge on any atom is 0.343 e. The van der Waals surface area contributed by atoms with Gasteiger partial charge in [0.2, 0.25) is 0 Å². The summed E-state index contributed by atoms with van der Waals surface area (Å²) >= 11 is 0. The Hall–Kier alpha value is -2.81. The molecular weight excluding hydrogens is 276 g/mol. The molecule has 2 aromatic carbocycles. The number of rotatable bonds is 3. The van der Waals surface area contributed by atoms with E-state index in [4.69, 9.17) is 9.47 Å². The van der Waals surface area contributed by atoms with E-state index in [1.54, 1.807) is 13.2 Å². The highest BCUT2D eigenvalue weighted by molar-refractivity contribution is 6.05. The molecule has 3 nitrogen and oxygen atoms in total. The zero-order valence-electron chi connectivity index (χ0n) is 12.5. The lowest BCUT2D eigenvalue weighted by atomic mass is 10.1. The van der Waals surface area contributed by atoms with E-state index in [0.717, 1.165) is 16.9 Å². The minimum atomic E-state index is -0.327. The van der Waals surface area contributed by atoms with Crippen LogP contribution in [0.3, 0.4) is 0 Å². The first-order valence-corrected chi connectivity index (χ1v) is 7.02. The molecule has 0 fully saturated rings. The summed E-state index contributed by atoms with van der Waals surface area (Å²) in [5.41, 5.74) is 3.54. The van der Waals surface area contributed by atoms with E-state index in [1.165, 1.54) is 5.56 Å². The molecule has 0 radical (unpaired) electrons. The molecule has 0 N–H and O–H groups in total. The molecule has 0 atom stereocenters. The number of benzene rings is 2. The Morgan fingerprint density at radius 3 is 2.32 bits per heavy atom. The van der Waals surface area contributed by atoms with Gasteiger partial charge in [-0.3, -0.25) is 0 Å². The molecule has 0 spiro atoms. The van der Waals surface area contributed by atoms with Crippen LogP contribution in [0.4, 0.5) is 0 Å². The minimum Gasteiger partial charge on any atom is -0.497 e. The molecule has 3 rings (SSSR count). The van der Waals surface area contributed by atoms with Gasteiger partial charge in [-0.05, 0) is 36.8 Å². The highest BCUT2D eigenvalue weighted by Crippen LogP contribution is 2.27. The van der Waals surface area contributed by atoms with Crippen LogP contribution in [0.2, 0.25) is 0 Å². The topological polar surface area (TPSA) is 35.5 Å². The lowest BCUT2D eigenvalue weighted by Crippen LogP contribution is -1.97. The van der Waals surface area contributed by atoms with E-state index in [0.29, 0.717) is 11.3 Å². The standard InChI is InChI=1S/C19H16O3/c1-13-3-7-15(8-4-13)18-12-16(19(20)22-18)11-14-5-9-17(21-2)10-6-14/h3-12H,1-2H3/b16-11-. The molecule has 0 bridgehead atoms. The fourth-order valence-corrected chi connectivity index (χ4v) is 2.23. The number of carbonyl (C=O) groups excluding carboxylic acids is 1. The lowest BCUT2D eigenvalue weighted by molar-refractivity contribution is -0.130. The van der Waals surface area contributed by atoms with Crippen molar-refractivity contribution < 1.29 is 14.3 Å². The Labute approximate surface area is 129 Å². The molecule has 1 heterocycles. The summed E-state index contributed by atoms with van der Waals surface area (Å²) in [6, 6.07) is 15.4. The van der Waals surface area contributed by atoms with Crippen LogP contribution in [0.25, 0.3) is 11.8 Å². The molecule has 0 unspecified atom stereocenters. The van der Waals surface area contributed by atoms with Crippen molar-refractivity contribution in [1.29, 1.82) is 0 Å². The van der Waals surface area contributed by atoms with Crippen molar-refractivity contribution in [2.24, 2.45) is 0 Å². The SMILES string of the molecule is COc1ccc(/C=C2/C=C(c3ccc(C)cc3)OC2=O)cc1. The summed E-state index contributed by atoms with van der Waals surface area (Å²) in [5.74, 6) is 1.04. The van der Waals surface area contributed by atoms with Crippen LogP contribution in [0, 0.1) is 6.92 Å². The smallest absolute Gasteiger partial charge is 0.343 e. The zero-order valence-corrected chi connectivity index (χ0v) is 12.5. The highest BCUT2D eigenvalue weighted by Gasteiger charge is 2.21. The molecule has 1 aliphatic rings. The number of hydrogen-bond acceptors (Lipinski definition) is 3. The quantitative estimate of drug-likeness (QED) is 0.634. The second-order valence-corrected chi connectivity index (χ2v) is 5.14. The van der Waals surface area contributed by atoms with Crippen molar-refractivity contribution in [3.05, 3.63) is 76.9 Å². The number of ether oxygens (including phenoxy) is 2. The molecule has 0 saturated heterocycles. The van der Waals surface area contributed by atoms with Crippen molar-refractivity contribution in [3.8, 4) is 5.75 Å². The van der Waals surface area contributed by atoms with Gasteiger partial charge in [0, 0.05) is 5.56 Å². The molecule has 22 heavy (non-hydrogen) atoms. The Morgan fingerprint density at radius 1 is 1.00 bits per heavy atom. The number of carbonyl (C=O) groups is 1. The number of aryl methyl sites for hydroxylation is 1. The molecule has 0 saturated carbocycles. The molecular formula is C19H16O3. The first-order chi connectivity index (χ1) is 10.7. The third-order valence-corrected chi connectivity index (χ3v) is 3.50. The highest BCUT2D eigenvalue weighted by atomic mass is 16.5. The molecule has 0 amide bonds. The van der Waals surface area contributed by atoms with Gasteiger partial charge < -0.3 is 9.47 Å². The number of hydrogen-bond donors (Lipinski definition) is 0. The van der Waals surface area contributed by atoms with Gasteiger partial charge in [-0.1, -0.05) is 42.0 Å². The van der Waals surface area contributed by atoms with Crippen molar-refractivity contribution in [2.45, 2.75) is 6.92 Å². The number of methoxy groups -OCH3 is 1. The predicted molar refractivity (Wildman–Crippen MR) is 86.2 cm³/mol. The molecule has 0 aromatic heterocycles. The molecule has 2 aromatic rings. The van der Waals surface area contributed by atoms with Crippen LogP contribution in [0.15, 0.2) is 60.2 Å². The van der Waals surface area contributed by atoms with Crippen LogP contribution in [0.1, 0.15) is 16.7 Å². The van der Waals surface area contributed by atoms with Gasteiger partial charge >= 0.3 is 5.97 Å². The van der Waals surface area contributed by atoms with Gasteiger partial charge in [-0.15, -0.1) is 0 Å². The number of esters is 1. The van der Waals surface area contributed by atoms with Crippen molar-refractivity contribution in [2.75, 3.05) is 7.11 Å². The average molecular weight is 292 g/mol.